The number of nitrogens with zero attached hydrogens (tertiary/aromatic N) is 2. The van der Waals surface area contributed by atoms with Crippen molar-refractivity contribution >= 4 is 41.0 Å². The molecule has 1 aromatic carbocycles. The Morgan fingerprint density at radius 1 is 1.21 bits per heavy atom. The predicted molar refractivity (Wildman–Crippen MR) is 88.2 cm³/mol. The first-order valence-electron chi connectivity index (χ1n) is 7.63. The van der Waals surface area contributed by atoms with Crippen molar-refractivity contribution < 1.29 is 19.5 Å². The van der Waals surface area contributed by atoms with Crippen LogP contribution in [0.15, 0.2) is 18.2 Å². The predicted octanol–water partition coefficient (Wildman–Crippen LogP) is 2.14. The van der Waals surface area contributed by atoms with Gasteiger partial charge in [0, 0.05) is 31.1 Å². The van der Waals surface area contributed by atoms with E-state index in [-0.39, 0.29) is 30.8 Å². The second kappa shape index (κ2) is 6.61. The molecule has 2 amide bonds. The lowest BCUT2D eigenvalue weighted by Crippen LogP contribution is -2.40. The van der Waals surface area contributed by atoms with Crippen molar-refractivity contribution in [3.05, 3.63) is 33.8 Å². The Bertz CT molecular complexity index is 709. The van der Waals surface area contributed by atoms with E-state index in [0.717, 1.165) is 0 Å². The van der Waals surface area contributed by atoms with Crippen LogP contribution in [0.4, 0.5) is 0 Å². The number of carbonyl (C=O) groups is 3. The number of halogens is 2. The van der Waals surface area contributed by atoms with Crippen LogP contribution in [0.1, 0.15) is 23.2 Å². The Morgan fingerprint density at radius 2 is 1.96 bits per heavy atom. The van der Waals surface area contributed by atoms with Crippen molar-refractivity contribution in [2.75, 3.05) is 19.6 Å². The Kier molecular flexibility index (Phi) is 4.69. The highest BCUT2D eigenvalue weighted by molar-refractivity contribution is 6.36. The van der Waals surface area contributed by atoms with Gasteiger partial charge in [-0.3, -0.25) is 14.4 Å². The molecule has 1 N–H and O–H groups in total. The van der Waals surface area contributed by atoms with Gasteiger partial charge in [0.2, 0.25) is 5.91 Å². The van der Waals surface area contributed by atoms with E-state index in [1.807, 2.05) is 0 Å². The van der Waals surface area contributed by atoms with Gasteiger partial charge in [0.15, 0.2) is 0 Å². The molecule has 2 aliphatic rings. The lowest BCUT2D eigenvalue weighted by molar-refractivity contribution is -0.141. The minimum atomic E-state index is -0.954. The number of hydrogen-bond donors (Lipinski definition) is 1. The van der Waals surface area contributed by atoms with Crippen LogP contribution in [-0.4, -0.2) is 58.4 Å². The summed E-state index contributed by atoms with van der Waals surface area (Å²) in [7, 11) is 0. The first-order valence-corrected chi connectivity index (χ1v) is 8.39. The number of carboxylic acids is 1. The number of hydrogen-bond acceptors (Lipinski definition) is 3. The second-order valence-electron chi connectivity index (χ2n) is 6.10. The van der Waals surface area contributed by atoms with Gasteiger partial charge < -0.3 is 14.9 Å². The van der Waals surface area contributed by atoms with Gasteiger partial charge in [-0.2, -0.15) is 0 Å². The maximum Gasteiger partial charge on any atom is 0.308 e. The summed E-state index contributed by atoms with van der Waals surface area (Å²) in [6, 6.07) is 4.57. The van der Waals surface area contributed by atoms with Gasteiger partial charge in [-0.05, 0) is 24.6 Å². The van der Waals surface area contributed by atoms with Crippen LogP contribution in [0.3, 0.4) is 0 Å². The fourth-order valence-electron chi connectivity index (χ4n) is 3.26. The monoisotopic (exact) mass is 370 g/mol. The van der Waals surface area contributed by atoms with Gasteiger partial charge in [0.1, 0.15) is 0 Å². The number of likely N-dealkylation sites (tertiary alicyclic amines) is 2. The molecular formula is C16H16Cl2N2O4. The fraction of sp³-hybridized carbons (Fsp3) is 0.438. The molecule has 8 heteroatoms. The first-order chi connectivity index (χ1) is 11.4. The number of carbonyl (C=O) groups excluding carboxylic acids is 2. The van der Waals surface area contributed by atoms with Gasteiger partial charge in [-0.15, -0.1) is 0 Å². The summed E-state index contributed by atoms with van der Waals surface area (Å²) in [6.07, 6.45) is 0.665. The van der Waals surface area contributed by atoms with Crippen LogP contribution in [-0.2, 0) is 9.59 Å². The van der Waals surface area contributed by atoms with Crippen LogP contribution >= 0.6 is 23.2 Å². The molecule has 2 unspecified atom stereocenters. The van der Waals surface area contributed by atoms with E-state index in [1.165, 1.54) is 6.07 Å². The average Bonchev–Trinajstić information content (AvgIpc) is 3.13. The van der Waals surface area contributed by atoms with Crippen LogP contribution < -0.4 is 0 Å². The number of rotatable bonds is 3. The smallest absolute Gasteiger partial charge is 0.308 e. The SMILES string of the molecule is O=C(O)C1CC(=O)N(C2CCN(C(=O)c3ccc(Cl)cc3Cl)C2)C1. The van der Waals surface area contributed by atoms with Crippen molar-refractivity contribution in [1.82, 2.24) is 9.80 Å². The Hall–Kier alpha value is -1.79. The van der Waals surface area contributed by atoms with Crippen LogP contribution in [0.2, 0.25) is 10.0 Å². The van der Waals surface area contributed by atoms with Gasteiger partial charge in [0.25, 0.3) is 5.91 Å². The first kappa shape index (κ1) is 17.0. The van der Waals surface area contributed by atoms with E-state index >= 15 is 0 Å². The van der Waals surface area contributed by atoms with E-state index < -0.39 is 11.9 Å². The number of carboxylic acid groups (broad SMARTS) is 1. The summed E-state index contributed by atoms with van der Waals surface area (Å²) in [5, 5.41) is 9.81. The van der Waals surface area contributed by atoms with Crippen molar-refractivity contribution in [2.24, 2.45) is 5.92 Å². The third-order valence-electron chi connectivity index (χ3n) is 4.56. The molecule has 24 heavy (non-hydrogen) atoms. The minimum Gasteiger partial charge on any atom is -0.481 e. The normalized spacial score (nSPS) is 23.8. The highest BCUT2D eigenvalue weighted by atomic mass is 35.5. The maximum atomic E-state index is 12.6. The molecule has 0 spiro atoms. The van der Waals surface area contributed by atoms with Crippen molar-refractivity contribution in [3.63, 3.8) is 0 Å². The summed E-state index contributed by atoms with van der Waals surface area (Å²) in [6.45, 7) is 1.10. The van der Waals surface area contributed by atoms with Crippen molar-refractivity contribution in [3.8, 4) is 0 Å². The number of aliphatic carboxylic acids is 1. The highest BCUT2D eigenvalue weighted by Crippen LogP contribution is 2.28. The van der Waals surface area contributed by atoms with E-state index in [0.29, 0.717) is 35.1 Å². The maximum absolute atomic E-state index is 12.6. The lowest BCUT2D eigenvalue weighted by atomic mass is 10.1. The van der Waals surface area contributed by atoms with Crippen molar-refractivity contribution in [2.45, 2.75) is 18.9 Å². The molecule has 3 rings (SSSR count). The molecule has 0 bridgehead atoms. The molecule has 2 aliphatic heterocycles. The molecule has 0 aliphatic carbocycles. The third kappa shape index (κ3) is 3.21. The zero-order valence-electron chi connectivity index (χ0n) is 12.7. The molecule has 1 aromatic rings. The van der Waals surface area contributed by atoms with Gasteiger partial charge in [0.05, 0.1) is 22.5 Å². The molecule has 6 nitrogen and oxygen atoms in total. The van der Waals surface area contributed by atoms with E-state index in [2.05, 4.69) is 0 Å². The molecular weight excluding hydrogens is 355 g/mol. The summed E-state index contributed by atoms with van der Waals surface area (Å²) in [5.41, 5.74) is 0.373. The molecule has 0 aromatic heterocycles. The van der Waals surface area contributed by atoms with Crippen LogP contribution in [0, 0.1) is 5.92 Å². The van der Waals surface area contributed by atoms with E-state index in [4.69, 9.17) is 28.3 Å². The fourth-order valence-corrected chi connectivity index (χ4v) is 3.75. The summed E-state index contributed by atoms with van der Waals surface area (Å²) < 4.78 is 0. The average molecular weight is 371 g/mol. The van der Waals surface area contributed by atoms with Crippen LogP contribution in [0.5, 0.6) is 0 Å². The molecule has 2 saturated heterocycles. The minimum absolute atomic E-state index is 0.0305. The molecule has 2 fully saturated rings. The molecule has 2 atom stereocenters. The Labute approximate surface area is 148 Å². The Morgan fingerprint density at radius 3 is 2.58 bits per heavy atom. The quantitative estimate of drug-likeness (QED) is 0.883. The molecule has 0 saturated carbocycles. The van der Waals surface area contributed by atoms with Crippen LogP contribution in [0.25, 0.3) is 0 Å². The summed E-state index contributed by atoms with van der Waals surface area (Å²) in [4.78, 5) is 38.9. The molecule has 0 radical (unpaired) electrons. The number of benzene rings is 1. The zero-order chi connectivity index (χ0) is 17.4. The second-order valence-corrected chi connectivity index (χ2v) is 6.95. The van der Waals surface area contributed by atoms with E-state index in [9.17, 15) is 14.4 Å². The molecule has 128 valence electrons. The standard InChI is InChI=1S/C16H16Cl2N2O4/c17-10-1-2-12(13(18)6-10)15(22)19-4-3-11(8-19)20-7-9(16(23)24)5-14(20)21/h1-2,6,9,11H,3-5,7-8H2,(H,23,24). The van der Waals surface area contributed by atoms with Gasteiger partial charge in [-0.1, -0.05) is 23.2 Å². The largest absolute Gasteiger partial charge is 0.481 e. The van der Waals surface area contributed by atoms with Crippen molar-refractivity contribution in [1.29, 1.82) is 0 Å². The van der Waals surface area contributed by atoms with Gasteiger partial charge in [-0.25, -0.2) is 0 Å². The van der Waals surface area contributed by atoms with Gasteiger partial charge >= 0.3 is 5.97 Å². The van der Waals surface area contributed by atoms with E-state index in [1.54, 1.807) is 21.9 Å². The number of amides is 2. The zero-order valence-corrected chi connectivity index (χ0v) is 14.3. The third-order valence-corrected chi connectivity index (χ3v) is 5.11. The highest BCUT2D eigenvalue weighted by Gasteiger charge is 2.41. The molecule has 2 heterocycles. The topological polar surface area (TPSA) is 77.9 Å². The Balaban J connectivity index is 1.68. The summed E-state index contributed by atoms with van der Waals surface area (Å²) >= 11 is 11.9. The lowest BCUT2D eigenvalue weighted by Gasteiger charge is -2.24. The summed E-state index contributed by atoms with van der Waals surface area (Å²) in [5.74, 6) is -1.98.